The zero-order valence-corrected chi connectivity index (χ0v) is 15.0. The number of anilines is 1. The van der Waals surface area contributed by atoms with E-state index in [0.29, 0.717) is 5.69 Å². The highest BCUT2D eigenvalue weighted by Crippen LogP contribution is 2.24. The molecule has 128 valence electrons. The van der Waals surface area contributed by atoms with Crippen LogP contribution in [0.1, 0.15) is 13.3 Å². The smallest absolute Gasteiger partial charge is 0.206 e. The van der Waals surface area contributed by atoms with E-state index in [0.717, 1.165) is 18.7 Å². The Balaban J connectivity index is 2.20. The maximum absolute atomic E-state index is 12.7. The van der Waals surface area contributed by atoms with Crippen LogP contribution in [0.4, 0.5) is 11.4 Å². The second kappa shape index (κ2) is 7.97. The summed E-state index contributed by atoms with van der Waals surface area (Å²) in [5.41, 5.74) is 1.63. The average molecular weight is 345 g/mol. The molecule has 0 aliphatic heterocycles. The van der Waals surface area contributed by atoms with Crippen LogP contribution in [0.3, 0.4) is 0 Å². The predicted octanol–water partition coefficient (Wildman–Crippen LogP) is 3.56. The van der Waals surface area contributed by atoms with Gasteiger partial charge in [0.05, 0.1) is 21.8 Å². The van der Waals surface area contributed by atoms with Gasteiger partial charge >= 0.3 is 0 Å². The molecule has 0 atom stereocenters. The van der Waals surface area contributed by atoms with Gasteiger partial charge in [-0.15, -0.1) is 0 Å². The lowest BCUT2D eigenvalue weighted by atomic mass is 10.3. The third kappa shape index (κ3) is 4.58. The second-order valence-electron chi connectivity index (χ2n) is 5.66. The van der Waals surface area contributed by atoms with Gasteiger partial charge in [-0.25, -0.2) is 13.4 Å². The summed E-state index contributed by atoms with van der Waals surface area (Å²) in [7, 11) is 0.238. The number of benzene rings is 2. The van der Waals surface area contributed by atoms with Crippen molar-refractivity contribution >= 4 is 27.6 Å². The largest absolute Gasteiger partial charge is 0.385 e. The second-order valence-corrected chi connectivity index (χ2v) is 7.61. The normalized spacial score (nSPS) is 11.6. The fourth-order valence-electron chi connectivity index (χ4n) is 2.05. The van der Waals surface area contributed by atoms with Gasteiger partial charge in [-0.2, -0.15) is 0 Å². The Bertz CT molecular complexity index is 780. The van der Waals surface area contributed by atoms with Gasteiger partial charge in [0.25, 0.3) is 0 Å². The molecule has 2 rings (SSSR count). The molecule has 2 aromatic rings. The molecule has 0 saturated carbocycles. The van der Waals surface area contributed by atoms with E-state index in [9.17, 15) is 8.42 Å². The first-order valence-electron chi connectivity index (χ1n) is 7.83. The van der Waals surface area contributed by atoms with E-state index >= 15 is 0 Å². The summed E-state index contributed by atoms with van der Waals surface area (Å²) in [5.74, 6) is 0. The maximum atomic E-state index is 12.7. The van der Waals surface area contributed by atoms with Crippen LogP contribution < -0.4 is 5.32 Å². The molecule has 0 bridgehead atoms. The van der Waals surface area contributed by atoms with Crippen LogP contribution in [0, 0.1) is 0 Å². The van der Waals surface area contributed by atoms with Crippen molar-refractivity contribution < 1.29 is 8.42 Å². The van der Waals surface area contributed by atoms with Crippen LogP contribution in [-0.2, 0) is 9.84 Å². The standard InChI is InChI=1S/C18H23N3O2S/c1-4-13-19-15-5-9-17(10-6-15)24(22,23)18-11-7-16(8-12-18)20-14-21(2)3/h5-12,14,19H,4,13H2,1-3H3. The van der Waals surface area contributed by atoms with E-state index in [1.165, 1.54) is 0 Å². The van der Waals surface area contributed by atoms with Gasteiger partial charge in [-0.1, -0.05) is 6.92 Å². The number of nitrogens with one attached hydrogen (secondary N) is 1. The SMILES string of the molecule is CCCNc1ccc(S(=O)(=O)c2ccc(N=CN(C)C)cc2)cc1. The van der Waals surface area contributed by atoms with Crippen LogP contribution in [0.25, 0.3) is 0 Å². The van der Waals surface area contributed by atoms with Crippen molar-refractivity contribution in [1.82, 2.24) is 4.90 Å². The Morgan fingerprint density at radius 1 is 1.00 bits per heavy atom. The van der Waals surface area contributed by atoms with E-state index in [1.54, 1.807) is 54.9 Å². The number of hydrogen-bond donors (Lipinski definition) is 1. The topological polar surface area (TPSA) is 61.8 Å². The molecule has 0 amide bonds. The first kappa shape index (κ1) is 18.0. The predicted molar refractivity (Wildman–Crippen MR) is 99.0 cm³/mol. The lowest BCUT2D eigenvalue weighted by molar-refractivity contribution is 0.596. The van der Waals surface area contributed by atoms with E-state index in [-0.39, 0.29) is 9.79 Å². The molecule has 0 fully saturated rings. The summed E-state index contributed by atoms with van der Waals surface area (Å²) >= 11 is 0. The molecule has 2 aromatic carbocycles. The third-order valence-corrected chi connectivity index (χ3v) is 5.11. The van der Waals surface area contributed by atoms with Crippen LogP contribution >= 0.6 is 0 Å². The first-order chi connectivity index (χ1) is 11.4. The minimum Gasteiger partial charge on any atom is -0.385 e. The Labute approximate surface area is 144 Å². The first-order valence-corrected chi connectivity index (χ1v) is 9.31. The summed E-state index contributed by atoms with van der Waals surface area (Å²) in [6.45, 7) is 2.94. The van der Waals surface area contributed by atoms with Gasteiger partial charge in [0.15, 0.2) is 0 Å². The van der Waals surface area contributed by atoms with Crippen LogP contribution in [-0.4, -0.2) is 40.3 Å². The highest BCUT2D eigenvalue weighted by atomic mass is 32.2. The van der Waals surface area contributed by atoms with Crippen molar-refractivity contribution in [2.75, 3.05) is 26.0 Å². The van der Waals surface area contributed by atoms with E-state index in [2.05, 4.69) is 17.2 Å². The van der Waals surface area contributed by atoms with Crippen molar-refractivity contribution in [3.8, 4) is 0 Å². The molecule has 0 spiro atoms. The summed E-state index contributed by atoms with van der Waals surface area (Å²) in [4.78, 5) is 6.61. The summed E-state index contributed by atoms with van der Waals surface area (Å²) < 4.78 is 25.3. The van der Waals surface area contributed by atoms with Crippen molar-refractivity contribution in [3.63, 3.8) is 0 Å². The Hall–Kier alpha value is -2.34. The molecule has 0 radical (unpaired) electrons. The molecule has 0 heterocycles. The van der Waals surface area contributed by atoms with Crippen molar-refractivity contribution in [2.24, 2.45) is 4.99 Å². The Morgan fingerprint density at radius 3 is 2.04 bits per heavy atom. The highest BCUT2D eigenvalue weighted by Gasteiger charge is 2.17. The summed E-state index contributed by atoms with van der Waals surface area (Å²) in [6.07, 6.45) is 2.69. The fourth-order valence-corrected chi connectivity index (χ4v) is 3.31. The third-order valence-electron chi connectivity index (χ3n) is 3.33. The quantitative estimate of drug-likeness (QED) is 0.616. The van der Waals surface area contributed by atoms with Gasteiger partial charge in [0.2, 0.25) is 9.84 Å². The van der Waals surface area contributed by atoms with Gasteiger partial charge in [0, 0.05) is 26.3 Å². The van der Waals surface area contributed by atoms with Gasteiger partial charge in [0.1, 0.15) is 0 Å². The monoisotopic (exact) mass is 345 g/mol. The minimum atomic E-state index is -3.51. The lowest BCUT2D eigenvalue weighted by Gasteiger charge is -2.08. The molecule has 0 aliphatic rings. The van der Waals surface area contributed by atoms with Gasteiger partial charge < -0.3 is 10.2 Å². The zero-order valence-electron chi connectivity index (χ0n) is 14.2. The number of nitrogens with zero attached hydrogens (tertiary/aromatic N) is 2. The van der Waals surface area contributed by atoms with E-state index < -0.39 is 9.84 Å². The number of rotatable bonds is 7. The van der Waals surface area contributed by atoms with Gasteiger partial charge in [-0.3, -0.25) is 0 Å². The molecule has 0 saturated heterocycles. The van der Waals surface area contributed by atoms with Gasteiger partial charge in [-0.05, 0) is 55.0 Å². The van der Waals surface area contributed by atoms with E-state index in [4.69, 9.17) is 0 Å². The molecule has 0 aliphatic carbocycles. The summed E-state index contributed by atoms with van der Waals surface area (Å²) in [6, 6.07) is 13.4. The molecule has 1 N–H and O–H groups in total. The highest BCUT2D eigenvalue weighted by molar-refractivity contribution is 7.91. The van der Waals surface area contributed by atoms with Crippen LogP contribution in [0.2, 0.25) is 0 Å². The van der Waals surface area contributed by atoms with Crippen molar-refractivity contribution in [2.45, 2.75) is 23.1 Å². The van der Waals surface area contributed by atoms with E-state index in [1.807, 2.05) is 19.0 Å². The molecule has 24 heavy (non-hydrogen) atoms. The molecular weight excluding hydrogens is 322 g/mol. The number of sulfone groups is 1. The molecule has 5 nitrogen and oxygen atoms in total. The molecule has 0 unspecified atom stereocenters. The maximum Gasteiger partial charge on any atom is 0.206 e. The number of aliphatic imine (C=N–C) groups is 1. The molecule has 6 heteroatoms. The average Bonchev–Trinajstić information content (AvgIpc) is 2.59. The Kier molecular flexibility index (Phi) is 5.98. The molecular formula is C18H23N3O2S. The van der Waals surface area contributed by atoms with Crippen molar-refractivity contribution in [3.05, 3.63) is 48.5 Å². The lowest BCUT2D eigenvalue weighted by Crippen LogP contribution is -2.07. The minimum absolute atomic E-state index is 0.264. The summed E-state index contributed by atoms with van der Waals surface area (Å²) in [5, 5.41) is 3.23. The zero-order chi connectivity index (χ0) is 17.6. The molecule has 0 aromatic heterocycles. The van der Waals surface area contributed by atoms with Crippen molar-refractivity contribution in [1.29, 1.82) is 0 Å². The fraction of sp³-hybridized carbons (Fsp3) is 0.278. The van der Waals surface area contributed by atoms with Crippen LogP contribution in [0.5, 0.6) is 0 Å². The number of hydrogen-bond acceptors (Lipinski definition) is 4. The van der Waals surface area contributed by atoms with Crippen LogP contribution in [0.15, 0.2) is 63.3 Å². The Morgan fingerprint density at radius 2 is 1.54 bits per heavy atom.